The second kappa shape index (κ2) is 5.56. The Morgan fingerprint density at radius 1 is 1.37 bits per heavy atom. The summed E-state index contributed by atoms with van der Waals surface area (Å²) in [4.78, 5) is 13.6. The Kier molecular flexibility index (Phi) is 4.22. The maximum absolute atomic E-state index is 12.1. The molecule has 19 heavy (non-hydrogen) atoms. The second-order valence-corrected chi connectivity index (χ2v) is 5.36. The highest BCUT2D eigenvalue weighted by Gasteiger charge is 2.29. The molecule has 104 valence electrons. The van der Waals surface area contributed by atoms with E-state index in [1.165, 1.54) is 12.1 Å². The molecule has 0 atom stereocenters. The van der Waals surface area contributed by atoms with Gasteiger partial charge in [-0.1, -0.05) is 0 Å². The molecule has 1 fully saturated rings. The van der Waals surface area contributed by atoms with E-state index in [1.54, 1.807) is 11.0 Å². The summed E-state index contributed by atoms with van der Waals surface area (Å²) in [6.45, 7) is 0.145. The molecule has 1 aromatic rings. The lowest BCUT2D eigenvalue weighted by atomic mass is 10.1. The fourth-order valence-corrected chi connectivity index (χ4v) is 2.28. The third-order valence-electron chi connectivity index (χ3n) is 2.71. The molecule has 0 aromatic heterocycles. The SMILES string of the molecule is O=C(c1ccc(OCC(F)(F)F)c(I)c1)N1CCC1. The van der Waals surface area contributed by atoms with Gasteiger partial charge in [0.2, 0.25) is 0 Å². The Morgan fingerprint density at radius 2 is 2.05 bits per heavy atom. The van der Waals surface area contributed by atoms with Gasteiger partial charge in [-0.2, -0.15) is 13.2 Å². The van der Waals surface area contributed by atoms with Crippen LogP contribution in [0.4, 0.5) is 13.2 Å². The molecule has 2 rings (SSSR count). The van der Waals surface area contributed by atoms with E-state index in [1.807, 2.05) is 22.6 Å². The topological polar surface area (TPSA) is 29.5 Å². The zero-order valence-electron chi connectivity index (χ0n) is 9.84. The number of halogens is 4. The Balaban J connectivity index is 2.06. The lowest BCUT2D eigenvalue weighted by molar-refractivity contribution is -0.153. The maximum atomic E-state index is 12.1. The van der Waals surface area contributed by atoms with Crippen molar-refractivity contribution in [1.29, 1.82) is 0 Å². The van der Waals surface area contributed by atoms with E-state index in [4.69, 9.17) is 0 Å². The van der Waals surface area contributed by atoms with Crippen LogP contribution in [0, 0.1) is 3.57 Å². The first-order chi connectivity index (χ1) is 8.87. The lowest BCUT2D eigenvalue weighted by Gasteiger charge is -2.31. The number of benzene rings is 1. The number of carbonyl (C=O) groups excluding carboxylic acids is 1. The molecular formula is C12H11F3INO2. The van der Waals surface area contributed by atoms with Crippen molar-refractivity contribution in [2.45, 2.75) is 12.6 Å². The van der Waals surface area contributed by atoms with Crippen LogP contribution in [0.5, 0.6) is 5.75 Å². The zero-order valence-corrected chi connectivity index (χ0v) is 12.0. The quantitative estimate of drug-likeness (QED) is 0.749. The van der Waals surface area contributed by atoms with Crippen LogP contribution in [0.3, 0.4) is 0 Å². The number of carbonyl (C=O) groups is 1. The van der Waals surface area contributed by atoms with Crippen molar-refractivity contribution in [3.63, 3.8) is 0 Å². The van der Waals surface area contributed by atoms with Crippen molar-refractivity contribution in [2.24, 2.45) is 0 Å². The van der Waals surface area contributed by atoms with Crippen LogP contribution in [0.15, 0.2) is 18.2 Å². The third kappa shape index (κ3) is 3.74. The van der Waals surface area contributed by atoms with Gasteiger partial charge in [0, 0.05) is 18.7 Å². The molecule has 0 radical (unpaired) electrons. The number of ether oxygens (including phenoxy) is 1. The predicted octanol–water partition coefficient (Wildman–Crippen LogP) is 3.08. The normalized spacial score (nSPS) is 15.1. The summed E-state index contributed by atoms with van der Waals surface area (Å²) in [6.07, 6.45) is -3.37. The highest BCUT2D eigenvalue weighted by atomic mass is 127. The molecule has 0 aliphatic carbocycles. The number of likely N-dealkylation sites (tertiary alicyclic amines) is 1. The van der Waals surface area contributed by atoms with E-state index >= 15 is 0 Å². The average Bonchev–Trinajstić information content (AvgIpc) is 2.23. The largest absolute Gasteiger partial charge is 0.483 e. The van der Waals surface area contributed by atoms with Crippen LogP contribution in [0.25, 0.3) is 0 Å². The Hall–Kier alpha value is -0.990. The van der Waals surface area contributed by atoms with Gasteiger partial charge in [0.05, 0.1) is 3.57 Å². The van der Waals surface area contributed by atoms with Gasteiger partial charge in [0.15, 0.2) is 6.61 Å². The Bertz CT molecular complexity index is 486. The molecule has 0 saturated carbocycles. The molecule has 0 spiro atoms. The van der Waals surface area contributed by atoms with E-state index in [0.717, 1.165) is 19.5 Å². The summed E-state index contributed by atoms with van der Waals surface area (Å²) in [5.74, 6) is 0.0459. The number of nitrogens with zero attached hydrogens (tertiary/aromatic N) is 1. The number of hydrogen-bond acceptors (Lipinski definition) is 2. The van der Waals surface area contributed by atoms with Crippen LogP contribution < -0.4 is 4.74 Å². The molecule has 1 heterocycles. The van der Waals surface area contributed by atoms with Gasteiger partial charge >= 0.3 is 6.18 Å². The van der Waals surface area contributed by atoms with Crippen LogP contribution >= 0.6 is 22.6 Å². The molecule has 3 nitrogen and oxygen atoms in total. The van der Waals surface area contributed by atoms with E-state index < -0.39 is 12.8 Å². The van der Waals surface area contributed by atoms with Gasteiger partial charge < -0.3 is 9.64 Å². The fourth-order valence-electron chi connectivity index (χ4n) is 1.61. The standard InChI is InChI=1S/C12H11F3INO2/c13-12(14,15)7-19-10-3-2-8(6-9(10)16)11(18)17-4-1-5-17/h2-3,6H,1,4-5,7H2. The van der Waals surface area contributed by atoms with Crippen LogP contribution in [0.1, 0.15) is 16.8 Å². The first-order valence-corrected chi connectivity index (χ1v) is 6.73. The van der Waals surface area contributed by atoms with Crippen molar-refractivity contribution < 1.29 is 22.7 Å². The van der Waals surface area contributed by atoms with E-state index in [-0.39, 0.29) is 11.7 Å². The lowest BCUT2D eigenvalue weighted by Crippen LogP contribution is -2.42. The molecule has 7 heteroatoms. The number of rotatable bonds is 3. The molecule has 1 amide bonds. The minimum atomic E-state index is -4.37. The van der Waals surface area contributed by atoms with E-state index in [2.05, 4.69) is 4.74 Å². The second-order valence-electron chi connectivity index (χ2n) is 4.19. The van der Waals surface area contributed by atoms with Crippen LogP contribution in [-0.2, 0) is 0 Å². The minimum absolute atomic E-state index is 0.0912. The minimum Gasteiger partial charge on any atom is -0.483 e. The molecule has 0 N–H and O–H groups in total. The molecule has 0 unspecified atom stereocenters. The van der Waals surface area contributed by atoms with Crippen molar-refractivity contribution in [2.75, 3.05) is 19.7 Å². The van der Waals surface area contributed by atoms with Crippen LogP contribution in [-0.4, -0.2) is 36.7 Å². The summed E-state index contributed by atoms with van der Waals surface area (Å²) in [5, 5.41) is 0. The molecule has 1 aliphatic rings. The van der Waals surface area contributed by atoms with Gasteiger partial charge in [0.25, 0.3) is 5.91 Å². The molecule has 1 saturated heterocycles. The average molecular weight is 385 g/mol. The summed E-state index contributed by atoms with van der Waals surface area (Å²) >= 11 is 1.86. The zero-order chi connectivity index (χ0) is 14.0. The molecule has 1 aliphatic heterocycles. The van der Waals surface area contributed by atoms with Crippen molar-refractivity contribution in [1.82, 2.24) is 4.90 Å². The third-order valence-corrected chi connectivity index (χ3v) is 3.56. The molecule has 1 aromatic carbocycles. The molecule has 0 bridgehead atoms. The number of alkyl halides is 3. The van der Waals surface area contributed by atoms with Crippen molar-refractivity contribution in [3.8, 4) is 5.75 Å². The predicted molar refractivity (Wildman–Crippen MR) is 71.2 cm³/mol. The number of hydrogen-bond donors (Lipinski definition) is 0. The van der Waals surface area contributed by atoms with Crippen molar-refractivity contribution in [3.05, 3.63) is 27.3 Å². The van der Waals surface area contributed by atoms with Crippen LogP contribution in [0.2, 0.25) is 0 Å². The Morgan fingerprint density at radius 3 is 2.53 bits per heavy atom. The van der Waals surface area contributed by atoms with Gasteiger partial charge in [0.1, 0.15) is 5.75 Å². The smallest absolute Gasteiger partial charge is 0.422 e. The van der Waals surface area contributed by atoms with E-state index in [0.29, 0.717) is 9.13 Å². The highest BCUT2D eigenvalue weighted by Crippen LogP contribution is 2.25. The monoisotopic (exact) mass is 385 g/mol. The fraction of sp³-hybridized carbons (Fsp3) is 0.417. The van der Waals surface area contributed by atoms with Gasteiger partial charge in [-0.15, -0.1) is 0 Å². The summed E-state index contributed by atoms with van der Waals surface area (Å²) in [5.41, 5.74) is 0.475. The molecular weight excluding hydrogens is 374 g/mol. The summed E-state index contributed by atoms with van der Waals surface area (Å²) in [6, 6.07) is 4.45. The van der Waals surface area contributed by atoms with Gasteiger partial charge in [-0.05, 0) is 47.2 Å². The first kappa shape index (κ1) is 14.4. The summed E-state index contributed by atoms with van der Waals surface area (Å²) < 4.78 is 41.3. The Labute approximate surface area is 121 Å². The highest BCUT2D eigenvalue weighted by molar-refractivity contribution is 14.1. The summed E-state index contributed by atoms with van der Waals surface area (Å²) in [7, 11) is 0. The maximum Gasteiger partial charge on any atom is 0.422 e. The van der Waals surface area contributed by atoms with E-state index in [9.17, 15) is 18.0 Å². The first-order valence-electron chi connectivity index (χ1n) is 5.65. The van der Waals surface area contributed by atoms with Crippen molar-refractivity contribution >= 4 is 28.5 Å². The van der Waals surface area contributed by atoms with Gasteiger partial charge in [-0.3, -0.25) is 4.79 Å². The number of amides is 1. The van der Waals surface area contributed by atoms with Gasteiger partial charge in [-0.25, -0.2) is 0 Å².